The number of fused-ring (bicyclic) bond motifs is 1. The highest BCUT2D eigenvalue weighted by atomic mass is 35.5. The molecule has 1 fully saturated rings. The van der Waals surface area contributed by atoms with E-state index in [1.807, 2.05) is 36.4 Å². The number of rotatable bonds is 7. The lowest BCUT2D eigenvalue weighted by molar-refractivity contribution is 0.208. The van der Waals surface area contributed by atoms with Crippen molar-refractivity contribution in [3.05, 3.63) is 58.4 Å². The topological polar surface area (TPSA) is 74.9 Å². The van der Waals surface area contributed by atoms with E-state index in [0.717, 1.165) is 54.5 Å². The maximum Gasteiger partial charge on any atom is 0.188 e. The van der Waals surface area contributed by atoms with Crippen LogP contribution >= 0.6 is 11.6 Å². The number of aliphatic hydroxyl groups excluding tert-OH is 1. The molecule has 1 atom stereocenters. The molecule has 1 unspecified atom stereocenters. The Morgan fingerprint density at radius 1 is 1.25 bits per heavy atom. The summed E-state index contributed by atoms with van der Waals surface area (Å²) in [5, 5.41) is 24.4. The van der Waals surface area contributed by atoms with Crippen molar-refractivity contribution < 1.29 is 9.84 Å². The summed E-state index contributed by atoms with van der Waals surface area (Å²) >= 11 is 6.23. The zero-order chi connectivity index (χ0) is 22.5. The van der Waals surface area contributed by atoms with Crippen LogP contribution < -0.4 is 15.0 Å². The standard InChI is InChI=1S/C24H26ClN5O2/c1-26-18-6-7-19-20(13-18)23(27-10-9-16-5-8-22(32-2)21(25)12-16)28-29-24(19)30-11-3-4-17(14-30)15-31/h5-8,12-13,17,31H,3-4,9-11,14-15H2,2H3,(H,27,28). The molecular formula is C24H26ClN5O2. The number of aromatic nitrogens is 2. The van der Waals surface area contributed by atoms with E-state index < -0.39 is 0 Å². The first-order chi connectivity index (χ1) is 15.6. The Hall–Kier alpha value is -3.08. The summed E-state index contributed by atoms with van der Waals surface area (Å²) < 4.78 is 5.21. The number of halogens is 1. The minimum Gasteiger partial charge on any atom is -0.495 e. The number of hydrogen-bond acceptors (Lipinski definition) is 6. The van der Waals surface area contributed by atoms with Crippen LogP contribution in [0.1, 0.15) is 18.4 Å². The second-order valence-corrected chi connectivity index (χ2v) is 8.40. The van der Waals surface area contributed by atoms with E-state index in [-0.39, 0.29) is 12.5 Å². The van der Waals surface area contributed by atoms with Crippen LogP contribution in [0, 0.1) is 12.5 Å². The van der Waals surface area contributed by atoms with Gasteiger partial charge in [0, 0.05) is 37.0 Å². The van der Waals surface area contributed by atoms with Crippen molar-refractivity contribution in [3.63, 3.8) is 0 Å². The van der Waals surface area contributed by atoms with Gasteiger partial charge in [0.15, 0.2) is 17.3 Å². The smallest absolute Gasteiger partial charge is 0.188 e. The fraction of sp³-hybridized carbons (Fsp3) is 0.375. The molecule has 32 heavy (non-hydrogen) atoms. The second kappa shape index (κ2) is 10.0. The van der Waals surface area contributed by atoms with Crippen molar-refractivity contribution in [3.8, 4) is 5.75 Å². The number of hydrogen-bond donors (Lipinski definition) is 2. The Kier molecular flexibility index (Phi) is 6.93. The molecule has 166 valence electrons. The number of nitrogens with zero attached hydrogens (tertiary/aromatic N) is 4. The fourth-order valence-electron chi connectivity index (χ4n) is 4.16. The summed E-state index contributed by atoms with van der Waals surface area (Å²) in [6.07, 6.45) is 2.79. The number of piperidine rings is 1. The molecule has 1 aliphatic rings. The average molecular weight is 452 g/mol. The van der Waals surface area contributed by atoms with Gasteiger partial charge in [0.2, 0.25) is 0 Å². The highest BCUT2D eigenvalue weighted by Crippen LogP contribution is 2.33. The lowest BCUT2D eigenvalue weighted by atomic mass is 9.98. The van der Waals surface area contributed by atoms with E-state index in [0.29, 0.717) is 28.8 Å². The van der Waals surface area contributed by atoms with Crippen LogP contribution in [0.2, 0.25) is 5.02 Å². The predicted octanol–water partition coefficient (Wildman–Crippen LogP) is 4.71. The van der Waals surface area contributed by atoms with Crippen molar-refractivity contribution in [2.24, 2.45) is 5.92 Å². The highest BCUT2D eigenvalue weighted by Gasteiger charge is 2.23. The van der Waals surface area contributed by atoms with Crippen LogP contribution in [0.5, 0.6) is 5.75 Å². The molecule has 1 aliphatic heterocycles. The van der Waals surface area contributed by atoms with E-state index in [1.54, 1.807) is 7.11 Å². The van der Waals surface area contributed by atoms with Gasteiger partial charge < -0.3 is 20.1 Å². The maximum absolute atomic E-state index is 9.60. The monoisotopic (exact) mass is 451 g/mol. The molecular weight excluding hydrogens is 426 g/mol. The molecule has 1 aromatic heterocycles. The van der Waals surface area contributed by atoms with Gasteiger partial charge in [0.05, 0.1) is 18.7 Å². The first kappa shape index (κ1) is 22.1. The van der Waals surface area contributed by atoms with Gasteiger partial charge in [-0.2, -0.15) is 0 Å². The molecule has 0 bridgehead atoms. The highest BCUT2D eigenvalue weighted by molar-refractivity contribution is 6.32. The van der Waals surface area contributed by atoms with Crippen LogP contribution in [0.25, 0.3) is 15.6 Å². The molecule has 2 heterocycles. The van der Waals surface area contributed by atoms with Gasteiger partial charge >= 0.3 is 0 Å². The number of anilines is 2. The Labute approximate surface area is 192 Å². The SMILES string of the molecule is [C-]#[N+]c1ccc2c(N3CCCC(CO)C3)nnc(NCCc3ccc(OC)c(Cl)c3)c2c1. The Morgan fingerprint density at radius 2 is 2.12 bits per heavy atom. The fourth-order valence-corrected chi connectivity index (χ4v) is 4.44. The van der Waals surface area contributed by atoms with Crippen LogP contribution in [0.3, 0.4) is 0 Å². The van der Waals surface area contributed by atoms with E-state index in [9.17, 15) is 5.11 Å². The van der Waals surface area contributed by atoms with Crippen molar-refractivity contribution in [1.82, 2.24) is 10.2 Å². The average Bonchev–Trinajstić information content (AvgIpc) is 2.84. The summed E-state index contributed by atoms with van der Waals surface area (Å²) in [4.78, 5) is 5.78. The van der Waals surface area contributed by atoms with E-state index in [1.165, 1.54) is 0 Å². The normalized spacial score (nSPS) is 16.1. The summed E-state index contributed by atoms with van der Waals surface area (Å²) in [5.41, 5.74) is 1.65. The van der Waals surface area contributed by atoms with Crippen molar-refractivity contribution in [1.29, 1.82) is 0 Å². The van der Waals surface area contributed by atoms with Crippen LogP contribution in [0.4, 0.5) is 17.3 Å². The largest absolute Gasteiger partial charge is 0.495 e. The van der Waals surface area contributed by atoms with E-state index in [4.69, 9.17) is 22.9 Å². The van der Waals surface area contributed by atoms with Gasteiger partial charge in [-0.05, 0) is 48.9 Å². The molecule has 2 aromatic carbocycles. The van der Waals surface area contributed by atoms with Crippen LogP contribution in [-0.2, 0) is 6.42 Å². The van der Waals surface area contributed by atoms with Gasteiger partial charge in [-0.1, -0.05) is 29.8 Å². The second-order valence-electron chi connectivity index (χ2n) is 8.00. The van der Waals surface area contributed by atoms with Crippen molar-refractivity contribution in [2.75, 3.05) is 43.6 Å². The molecule has 0 radical (unpaired) electrons. The van der Waals surface area contributed by atoms with E-state index in [2.05, 4.69) is 25.3 Å². The molecule has 0 aliphatic carbocycles. The lowest BCUT2D eigenvalue weighted by Crippen LogP contribution is -2.37. The number of nitrogens with one attached hydrogen (secondary N) is 1. The third-order valence-electron chi connectivity index (χ3n) is 5.87. The third kappa shape index (κ3) is 4.72. The molecule has 2 N–H and O–H groups in total. The summed E-state index contributed by atoms with van der Waals surface area (Å²) in [7, 11) is 1.60. The lowest BCUT2D eigenvalue weighted by Gasteiger charge is -2.33. The third-order valence-corrected chi connectivity index (χ3v) is 6.17. The van der Waals surface area contributed by atoms with Crippen LogP contribution in [-0.4, -0.2) is 48.7 Å². The quantitative estimate of drug-likeness (QED) is 0.507. The molecule has 0 amide bonds. The number of ether oxygens (including phenoxy) is 1. The Morgan fingerprint density at radius 3 is 2.88 bits per heavy atom. The molecule has 8 heteroatoms. The molecule has 0 saturated carbocycles. The molecule has 0 spiro atoms. The van der Waals surface area contributed by atoms with Gasteiger partial charge in [-0.25, -0.2) is 4.85 Å². The van der Waals surface area contributed by atoms with Gasteiger partial charge in [0.25, 0.3) is 0 Å². The predicted molar refractivity (Wildman–Crippen MR) is 128 cm³/mol. The van der Waals surface area contributed by atoms with Crippen LogP contribution in [0.15, 0.2) is 36.4 Å². The molecule has 1 saturated heterocycles. The first-order valence-corrected chi connectivity index (χ1v) is 11.1. The first-order valence-electron chi connectivity index (χ1n) is 10.7. The summed E-state index contributed by atoms with van der Waals surface area (Å²) in [6, 6.07) is 11.4. The minimum atomic E-state index is 0.179. The Balaban J connectivity index is 1.58. The summed E-state index contributed by atoms with van der Waals surface area (Å²) in [6.45, 7) is 9.87. The zero-order valence-corrected chi connectivity index (χ0v) is 18.8. The molecule has 7 nitrogen and oxygen atoms in total. The van der Waals surface area contributed by atoms with Gasteiger partial charge in [-0.3, -0.25) is 0 Å². The maximum atomic E-state index is 9.60. The van der Waals surface area contributed by atoms with Gasteiger partial charge in [0.1, 0.15) is 5.75 Å². The van der Waals surface area contributed by atoms with Gasteiger partial charge in [-0.15, -0.1) is 10.2 Å². The molecule has 4 rings (SSSR count). The van der Waals surface area contributed by atoms with E-state index >= 15 is 0 Å². The number of methoxy groups -OCH3 is 1. The zero-order valence-electron chi connectivity index (χ0n) is 18.0. The minimum absolute atomic E-state index is 0.179. The number of aliphatic hydroxyl groups is 1. The van der Waals surface area contributed by atoms with Crippen molar-refractivity contribution in [2.45, 2.75) is 19.3 Å². The van der Waals surface area contributed by atoms with Crippen molar-refractivity contribution >= 4 is 39.7 Å². The summed E-state index contributed by atoms with van der Waals surface area (Å²) in [5.74, 6) is 2.37. The molecule has 3 aromatic rings. The Bertz CT molecular complexity index is 1150. The number of benzene rings is 2.